The Morgan fingerprint density at radius 2 is 2.11 bits per heavy atom. The van der Waals surface area contributed by atoms with Gasteiger partial charge in [-0.05, 0) is 23.8 Å². The van der Waals surface area contributed by atoms with Crippen LogP contribution in [-0.2, 0) is 7.05 Å². The van der Waals surface area contributed by atoms with Crippen LogP contribution in [0.15, 0.2) is 36.5 Å². The highest BCUT2D eigenvalue weighted by Gasteiger charge is 2.45. The second kappa shape index (κ2) is 4.41. The van der Waals surface area contributed by atoms with E-state index in [1.807, 2.05) is 25.2 Å². The minimum Gasteiger partial charge on any atom is -0.386 e. The zero-order valence-corrected chi connectivity index (χ0v) is 10.9. The van der Waals surface area contributed by atoms with Crippen LogP contribution in [0.1, 0.15) is 29.7 Å². The number of aryl methyl sites for hydroxylation is 1. The largest absolute Gasteiger partial charge is 0.386 e. The van der Waals surface area contributed by atoms with Crippen molar-refractivity contribution < 1.29 is 5.11 Å². The number of halogens is 1. The van der Waals surface area contributed by atoms with E-state index in [0.29, 0.717) is 10.9 Å². The van der Waals surface area contributed by atoms with E-state index in [1.54, 1.807) is 10.9 Å². The van der Waals surface area contributed by atoms with E-state index in [0.717, 1.165) is 12.1 Å². The normalized spacial score (nSPS) is 23.9. The Hall–Kier alpha value is -1.32. The van der Waals surface area contributed by atoms with Crippen LogP contribution in [0, 0.1) is 5.92 Å². The molecular formula is C14H15ClN2O. The quantitative estimate of drug-likeness (QED) is 0.924. The predicted octanol–water partition coefficient (Wildman–Crippen LogP) is 2.91. The molecule has 1 fully saturated rings. The minimum atomic E-state index is -0.532. The molecule has 1 aromatic heterocycles. The lowest BCUT2D eigenvalue weighted by atomic mass is 10.1. The Morgan fingerprint density at radius 1 is 1.39 bits per heavy atom. The highest BCUT2D eigenvalue weighted by atomic mass is 35.5. The Bertz CT molecular complexity index is 533. The van der Waals surface area contributed by atoms with Crippen LogP contribution >= 0.6 is 11.6 Å². The van der Waals surface area contributed by atoms with Crippen molar-refractivity contribution in [1.29, 1.82) is 0 Å². The van der Waals surface area contributed by atoms with Crippen molar-refractivity contribution >= 4 is 11.6 Å². The number of benzene rings is 1. The zero-order valence-electron chi connectivity index (χ0n) is 10.1. The summed E-state index contributed by atoms with van der Waals surface area (Å²) in [5.74, 6) is 0.687. The van der Waals surface area contributed by atoms with E-state index in [2.05, 4.69) is 17.2 Å². The summed E-state index contributed by atoms with van der Waals surface area (Å²) in [6.45, 7) is 0. The minimum absolute atomic E-state index is 0.250. The summed E-state index contributed by atoms with van der Waals surface area (Å²) in [4.78, 5) is 0. The van der Waals surface area contributed by atoms with Crippen molar-refractivity contribution in [3.63, 3.8) is 0 Å². The maximum atomic E-state index is 10.4. The first-order valence-electron chi connectivity index (χ1n) is 6.09. The Morgan fingerprint density at radius 3 is 2.72 bits per heavy atom. The average Bonchev–Trinajstić information content (AvgIpc) is 3.11. The maximum Gasteiger partial charge on any atom is 0.101 e. The third-order valence-corrected chi connectivity index (χ3v) is 3.98. The van der Waals surface area contributed by atoms with Crippen LogP contribution in [0.5, 0.6) is 0 Å². The molecule has 94 valence electrons. The van der Waals surface area contributed by atoms with Gasteiger partial charge >= 0.3 is 0 Å². The van der Waals surface area contributed by atoms with Gasteiger partial charge < -0.3 is 5.11 Å². The van der Waals surface area contributed by atoms with Crippen molar-refractivity contribution in [3.05, 3.63) is 52.8 Å². The molecule has 3 nitrogen and oxygen atoms in total. The highest BCUT2D eigenvalue weighted by molar-refractivity contribution is 6.31. The highest BCUT2D eigenvalue weighted by Crippen LogP contribution is 2.54. The molecule has 0 amide bonds. The Balaban J connectivity index is 1.79. The first-order valence-corrected chi connectivity index (χ1v) is 6.46. The first kappa shape index (κ1) is 11.8. The van der Waals surface area contributed by atoms with Crippen molar-refractivity contribution in [2.45, 2.75) is 18.4 Å². The third kappa shape index (κ3) is 1.93. The van der Waals surface area contributed by atoms with Crippen LogP contribution in [0.3, 0.4) is 0 Å². The molecule has 1 aliphatic rings. The molecule has 0 spiro atoms. The molecule has 1 aromatic carbocycles. The molecule has 1 heterocycles. The summed E-state index contributed by atoms with van der Waals surface area (Å²) >= 11 is 6.06. The summed E-state index contributed by atoms with van der Waals surface area (Å²) in [5.41, 5.74) is 2.01. The summed E-state index contributed by atoms with van der Waals surface area (Å²) < 4.78 is 1.66. The topological polar surface area (TPSA) is 38.0 Å². The Kier molecular flexibility index (Phi) is 2.88. The molecule has 0 saturated heterocycles. The molecule has 0 radical (unpaired) electrons. The average molecular weight is 263 g/mol. The molecular weight excluding hydrogens is 248 g/mol. The van der Waals surface area contributed by atoms with Gasteiger partial charge in [-0.2, -0.15) is 5.10 Å². The Labute approximate surface area is 111 Å². The van der Waals surface area contributed by atoms with Gasteiger partial charge in [0.1, 0.15) is 6.10 Å². The van der Waals surface area contributed by atoms with Crippen LogP contribution in [0.2, 0.25) is 5.02 Å². The lowest BCUT2D eigenvalue weighted by molar-refractivity contribution is 0.142. The van der Waals surface area contributed by atoms with Crippen molar-refractivity contribution in [2.24, 2.45) is 13.0 Å². The first-order chi connectivity index (χ1) is 8.68. The lowest BCUT2D eigenvalue weighted by Crippen LogP contribution is -2.08. The number of hydrogen-bond donors (Lipinski definition) is 1. The fourth-order valence-electron chi connectivity index (χ4n) is 2.60. The van der Waals surface area contributed by atoms with Crippen LogP contribution < -0.4 is 0 Å². The standard InChI is InChI=1S/C14H15ClN2O/c1-17-13(12(15)8-16-17)14(18)11-7-10(11)9-5-3-2-4-6-9/h2-6,8,10-11,14,18H,7H2,1H3. The van der Waals surface area contributed by atoms with Gasteiger partial charge in [-0.3, -0.25) is 4.68 Å². The van der Waals surface area contributed by atoms with Gasteiger partial charge in [0.25, 0.3) is 0 Å². The molecule has 2 aromatic rings. The zero-order chi connectivity index (χ0) is 12.7. The van der Waals surface area contributed by atoms with Gasteiger partial charge in [0, 0.05) is 7.05 Å². The van der Waals surface area contributed by atoms with Crippen LogP contribution in [0.4, 0.5) is 0 Å². The van der Waals surface area contributed by atoms with Gasteiger partial charge in [0.05, 0.1) is 16.9 Å². The van der Waals surface area contributed by atoms with Crippen molar-refractivity contribution in [1.82, 2.24) is 9.78 Å². The van der Waals surface area contributed by atoms with E-state index < -0.39 is 6.10 Å². The molecule has 1 aliphatic carbocycles. The number of hydrogen-bond acceptors (Lipinski definition) is 2. The number of nitrogens with zero attached hydrogens (tertiary/aromatic N) is 2. The molecule has 0 aliphatic heterocycles. The number of aromatic nitrogens is 2. The van der Waals surface area contributed by atoms with Gasteiger partial charge in [0.15, 0.2) is 0 Å². The SMILES string of the molecule is Cn1ncc(Cl)c1C(O)C1CC1c1ccccc1. The summed E-state index contributed by atoms with van der Waals surface area (Å²) in [5, 5.41) is 15.0. The lowest BCUT2D eigenvalue weighted by Gasteiger charge is -2.11. The summed E-state index contributed by atoms with van der Waals surface area (Å²) in [6.07, 6.45) is 2.06. The van der Waals surface area contributed by atoms with Crippen molar-refractivity contribution in [3.8, 4) is 0 Å². The van der Waals surface area contributed by atoms with Gasteiger partial charge in [-0.1, -0.05) is 41.9 Å². The maximum absolute atomic E-state index is 10.4. The molecule has 18 heavy (non-hydrogen) atoms. The summed E-state index contributed by atoms with van der Waals surface area (Å²) in [7, 11) is 1.81. The van der Waals surface area contributed by atoms with E-state index in [9.17, 15) is 5.11 Å². The van der Waals surface area contributed by atoms with E-state index in [-0.39, 0.29) is 5.92 Å². The second-order valence-corrected chi connectivity index (χ2v) is 5.27. The number of aliphatic hydroxyl groups is 1. The fourth-order valence-corrected chi connectivity index (χ4v) is 2.88. The second-order valence-electron chi connectivity index (χ2n) is 4.86. The number of aliphatic hydroxyl groups excluding tert-OH is 1. The van der Waals surface area contributed by atoms with E-state index >= 15 is 0 Å². The van der Waals surface area contributed by atoms with E-state index in [1.165, 1.54) is 5.56 Å². The fraction of sp³-hybridized carbons (Fsp3) is 0.357. The van der Waals surface area contributed by atoms with Gasteiger partial charge in [0.2, 0.25) is 0 Å². The summed E-state index contributed by atoms with van der Waals surface area (Å²) in [6, 6.07) is 10.3. The smallest absolute Gasteiger partial charge is 0.101 e. The monoisotopic (exact) mass is 262 g/mol. The van der Waals surface area contributed by atoms with Crippen molar-refractivity contribution in [2.75, 3.05) is 0 Å². The number of rotatable bonds is 3. The van der Waals surface area contributed by atoms with Crippen LogP contribution in [0.25, 0.3) is 0 Å². The molecule has 0 bridgehead atoms. The molecule has 1 saturated carbocycles. The predicted molar refractivity (Wildman–Crippen MR) is 70.5 cm³/mol. The third-order valence-electron chi connectivity index (χ3n) is 3.69. The molecule has 3 atom stereocenters. The van der Waals surface area contributed by atoms with E-state index in [4.69, 9.17) is 11.6 Å². The molecule has 3 rings (SSSR count). The van der Waals surface area contributed by atoms with Gasteiger partial charge in [-0.25, -0.2) is 0 Å². The molecule has 1 N–H and O–H groups in total. The molecule has 3 unspecified atom stereocenters. The molecule has 4 heteroatoms. The van der Waals surface area contributed by atoms with Gasteiger partial charge in [-0.15, -0.1) is 0 Å². The van der Waals surface area contributed by atoms with Crippen LogP contribution in [-0.4, -0.2) is 14.9 Å².